The molecule has 0 bridgehead atoms. The van der Waals surface area contributed by atoms with Crippen molar-refractivity contribution in [3.8, 4) is 23.1 Å². The molecule has 15 heteroatoms. The van der Waals surface area contributed by atoms with Crippen molar-refractivity contribution in [2.45, 2.75) is 19.1 Å². The summed E-state index contributed by atoms with van der Waals surface area (Å²) in [5.74, 6) is -1.01. The molecule has 1 aliphatic heterocycles. The van der Waals surface area contributed by atoms with Crippen molar-refractivity contribution >= 4 is 23.2 Å². The van der Waals surface area contributed by atoms with Gasteiger partial charge in [-0.3, -0.25) is 4.79 Å². The van der Waals surface area contributed by atoms with E-state index in [0.717, 1.165) is 9.58 Å². The minimum absolute atomic E-state index is 0.0434. The Labute approximate surface area is 221 Å². The van der Waals surface area contributed by atoms with E-state index in [9.17, 15) is 26.7 Å². The number of rotatable bonds is 6. The highest BCUT2D eigenvalue weighted by molar-refractivity contribution is 6.32. The SMILES string of the molecule is CN(C(=O)c1cccc(-n2nc(C(F)(F)F)c(Cl)c2COc2cccnn2)c1)c1ccc2c(c1)OC(F)(F)O2. The summed E-state index contributed by atoms with van der Waals surface area (Å²) in [6.07, 6.45) is -7.30. The average molecular weight is 568 g/mol. The van der Waals surface area contributed by atoms with Crippen LogP contribution in [0.15, 0.2) is 60.8 Å². The third kappa shape index (κ3) is 5.27. The normalized spacial score (nSPS) is 13.8. The van der Waals surface area contributed by atoms with E-state index in [-0.39, 0.29) is 40.0 Å². The molecule has 3 heterocycles. The zero-order valence-electron chi connectivity index (χ0n) is 19.6. The molecule has 1 amide bonds. The van der Waals surface area contributed by atoms with Gasteiger partial charge in [-0.25, -0.2) is 4.68 Å². The summed E-state index contributed by atoms with van der Waals surface area (Å²) in [4.78, 5) is 14.4. The molecule has 4 aromatic rings. The lowest BCUT2D eigenvalue weighted by atomic mass is 10.1. The van der Waals surface area contributed by atoms with Crippen LogP contribution >= 0.6 is 11.6 Å². The number of nitrogens with zero attached hydrogens (tertiary/aromatic N) is 5. The Morgan fingerprint density at radius 1 is 1.10 bits per heavy atom. The molecule has 0 unspecified atom stereocenters. The van der Waals surface area contributed by atoms with Crippen LogP contribution in [0.2, 0.25) is 5.02 Å². The smallest absolute Gasteiger partial charge is 0.470 e. The third-order valence-electron chi connectivity index (χ3n) is 5.50. The van der Waals surface area contributed by atoms with Crippen LogP contribution in [-0.4, -0.2) is 39.2 Å². The molecule has 0 saturated carbocycles. The minimum Gasteiger partial charge on any atom is -0.470 e. The quantitative estimate of drug-likeness (QED) is 0.284. The molecule has 0 spiro atoms. The van der Waals surface area contributed by atoms with Gasteiger partial charge < -0.3 is 19.1 Å². The Kier molecular flexibility index (Phi) is 6.50. The molecule has 0 aliphatic carbocycles. The first-order valence-corrected chi connectivity index (χ1v) is 11.3. The van der Waals surface area contributed by atoms with Crippen LogP contribution in [0.5, 0.6) is 17.4 Å². The zero-order chi connectivity index (χ0) is 27.9. The minimum atomic E-state index is -4.87. The van der Waals surface area contributed by atoms with Crippen LogP contribution in [0.3, 0.4) is 0 Å². The molecule has 5 rings (SSSR count). The molecule has 2 aromatic heterocycles. The van der Waals surface area contributed by atoms with Gasteiger partial charge in [0.2, 0.25) is 5.88 Å². The topological polar surface area (TPSA) is 91.6 Å². The molecule has 39 heavy (non-hydrogen) atoms. The summed E-state index contributed by atoms with van der Waals surface area (Å²) in [5, 5.41) is 10.3. The molecule has 9 nitrogen and oxygen atoms in total. The van der Waals surface area contributed by atoms with Crippen LogP contribution < -0.4 is 19.1 Å². The lowest BCUT2D eigenvalue weighted by molar-refractivity contribution is -0.286. The van der Waals surface area contributed by atoms with E-state index in [1.165, 1.54) is 67.8 Å². The van der Waals surface area contributed by atoms with Crippen LogP contribution in [0.4, 0.5) is 27.6 Å². The maximum Gasteiger partial charge on any atom is 0.586 e. The van der Waals surface area contributed by atoms with E-state index < -0.39 is 35.7 Å². The average Bonchev–Trinajstić information content (AvgIpc) is 3.41. The van der Waals surface area contributed by atoms with E-state index in [1.807, 2.05) is 0 Å². The van der Waals surface area contributed by atoms with Crippen molar-refractivity contribution in [3.63, 3.8) is 0 Å². The third-order valence-corrected chi connectivity index (χ3v) is 5.90. The van der Waals surface area contributed by atoms with Crippen LogP contribution in [-0.2, 0) is 12.8 Å². The number of halogens is 6. The van der Waals surface area contributed by atoms with Gasteiger partial charge in [-0.05, 0) is 36.4 Å². The van der Waals surface area contributed by atoms with Crippen molar-refractivity contribution in [2.75, 3.05) is 11.9 Å². The fourth-order valence-corrected chi connectivity index (χ4v) is 3.97. The van der Waals surface area contributed by atoms with Gasteiger partial charge in [0.15, 0.2) is 17.2 Å². The maximum atomic E-state index is 13.6. The summed E-state index contributed by atoms with van der Waals surface area (Å²) in [5.41, 5.74) is -1.16. The standard InChI is InChI=1S/C24H15ClF5N5O4/c1-34(14-7-8-17-18(11-14)39-24(29,30)38-17)22(36)13-4-2-5-15(10-13)35-16(12-37-19-6-3-9-31-32-19)20(25)21(33-35)23(26,27)28/h2-11H,12H2,1H3. The van der Waals surface area contributed by atoms with E-state index in [1.54, 1.807) is 0 Å². The predicted octanol–water partition coefficient (Wildman–Crippen LogP) is 5.51. The maximum absolute atomic E-state index is 13.6. The van der Waals surface area contributed by atoms with E-state index in [4.69, 9.17) is 16.3 Å². The van der Waals surface area contributed by atoms with Gasteiger partial charge in [0, 0.05) is 36.6 Å². The summed E-state index contributed by atoms with van der Waals surface area (Å²) in [7, 11) is 1.39. The van der Waals surface area contributed by atoms with E-state index >= 15 is 0 Å². The number of hydrogen-bond donors (Lipinski definition) is 0. The Balaban J connectivity index is 1.46. The number of alkyl halides is 5. The van der Waals surface area contributed by atoms with E-state index in [0.29, 0.717) is 0 Å². The van der Waals surface area contributed by atoms with Crippen molar-refractivity contribution in [2.24, 2.45) is 0 Å². The van der Waals surface area contributed by atoms with Crippen molar-refractivity contribution in [1.29, 1.82) is 0 Å². The van der Waals surface area contributed by atoms with Gasteiger partial charge in [-0.1, -0.05) is 17.7 Å². The van der Waals surface area contributed by atoms with Crippen LogP contribution in [0, 0.1) is 0 Å². The number of carbonyl (C=O) groups excluding carboxylic acids is 1. The number of ether oxygens (including phenoxy) is 3. The fourth-order valence-electron chi connectivity index (χ4n) is 3.69. The number of anilines is 1. The van der Waals surface area contributed by atoms with Crippen molar-refractivity contribution < 1.29 is 41.0 Å². The second kappa shape index (κ2) is 9.69. The monoisotopic (exact) mass is 567 g/mol. The number of aromatic nitrogens is 4. The van der Waals surface area contributed by atoms with E-state index in [2.05, 4.69) is 24.8 Å². The Bertz CT molecular complexity index is 1550. The summed E-state index contributed by atoms with van der Waals surface area (Å²) >= 11 is 6.06. The highest BCUT2D eigenvalue weighted by Crippen LogP contribution is 2.43. The summed E-state index contributed by atoms with van der Waals surface area (Å²) in [6.45, 7) is -0.444. The molecule has 0 saturated heterocycles. The second-order valence-corrected chi connectivity index (χ2v) is 8.46. The number of amides is 1. The Hall–Kier alpha value is -4.46. The Morgan fingerprint density at radius 2 is 1.87 bits per heavy atom. The highest BCUT2D eigenvalue weighted by Gasteiger charge is 2.43. The van der Waals surface area contributed by atoms with Gasteiger partial charge in [0.05, 0.1) is 10.7 Å². The lowest BCUT2D eigenvalue weighted by Gasteiger charge is -2.18. The van der Waals surface area contributed by atoms with Gasteiger partial charge in [-0.15, -0.1) is 13.9 Å². The summed E-state index contributed by atoms with van der Waals surface area (Å²) < 4.78 is 82.7. The fraction of sp³-hybridized carbons (Fsp3) is 0.167. The first-order chi connectivity index (χ1) is 18.4. The molecule has 202 valence electrons. The molecule has 0 fully saturated rings. The summed E-state index contributed by atoms with van der Waals surface area (Å²) in [6, 6.07) is 12.4. The first-order valence-electron chi connectivity index (χ1n) is 11.0. The van der Waals surface area contributed by atoms with Gasteiger partial charge in [-0.2, -0.15) is 23.4 Å². The lowest BCUT2D eigenvalue weighted by Crippen LogP contribution is -2.26. The van der Waals surface area contributed by atoms with Gasteiger partial charge in [0.1, 0.15) is 12.3 Å². The molecule has 0 N–H and O–H groups in total. The highest BCUT2D eigenvalue weighted by atomic mass is 35.5. The molecular formula is C24H15ClF5N5O4. The number of fused-ring (bicyclic) bond motifs is 1. The number of hydrogen-bond acceptors (Lipinski definition) is 7. The van der Waals surface area contributed by atoms with Gasteiger partial charge >= 0.3 is 12.5 Å². The van der Waals surface area contributed by atoms with Crippen molar-refractivity contribution in [3.05, 3.63) is 82.8 Å². The molecule has 1 aliphatic rings. The Morgan fingerprint density at radius 3 is 2.59 bits per heavy atom. The van der Waals surface area contributed by atoms with Gasteiger partial charge in [0.25, 0.3) is 5.91 Å². The first kappa shape index (κ1) is 26.2. The molecule has 0 radical (unpaired) electrons. The van der Waals surface area contributed by atoms with Crippen LogP contribution in [0.1, 0.15) is 21.7 Å². The largest absolute Gasteiger partial charge is 0.586 e. The van der Waals surface area contributed by atoms with Crippen molar-refractivity contribution in [1.82, 2.24) is 20.0 Å². The molecular weight excluding hydrogens is 553 g/mol. The number of benzene rings is 2. The molecule has 0 atom stereocenters. The zero-order valence-corrected chi connectivity index (χ0v) is 20.4. The molecule has 2 aromatic carbocycles. The number of carbonyl (C=O) groups is 1. The second-order valence-electron chi connectivity index (χ2n) is 8.08. The van der Waals surface area contributed by atoms with Crippen LogP contribution in [0.25, 0.3) is 5.69 Å². The predicted molar refractivity (Wildman–Crippen MR) is 125 cm³/mol.